The van der Waals surface area contributed by atoms with Gasteiger partial charge in [0.2, 0.25) is 5.88 Å². The molecule has 0 aliphatic rings. The van der Waals surface area contributed by atoms with Crippen molar-refractivity contribution >= 4 is 22.6 Å². The van der Waals surface area contributed by atoms with E-state index in [-0.39, 0.29) is 0 Å². The molecule has 3 rings (SSSR count). The highest BCUT2D eigenvalue weighted by atomic mass is 32.1. The van der Waals surface area contributed by atoms with E-state index in [1.165, 1.54) is 11.3 Å². The minimum Gasteiger partial charge on any atom is -0.435 e. The fourth-order valence-corrected chi connectivity index (χ4v) is 2.20. The van der Waals surface area contributed by atoms with Gasteiger partial charge < -0.3 is 4.74 Å². The van der Waals surface area contributed by atoms with E-state index in [4.69, 9.17) is 4.74 Å². The first kappa shape index (κ1) is 9.98. The predicted octanol–water partition coefficient (Wildman–Crippen LogP) is 2.40. The van der Waals surface area contributed by atoms with Gasteiger partial charge in [-0.1, -0.05) is 0 Å². The molecular formula is C11H7N3O2S. The second-order valence-electron chi connectivity index (χ2n) is 3.27. The van der Waals surface area contributed by atoms with Crippen LogP contribution in [0.5, 0.6) is 11.6 Å². The van der Waals surface area contributed by atoms with Crippen LogP contribution in [0.2, 0.25) is 0 Å². The van der Waals surface area contributed by atoms with Gasteiger partial charge in [-0.05, 0) is 12.1 Å². The van der Waals surface area contributed by atoms with Crippen molar-refractivity contribution < 1.29 is 9.53 Å². The SMILES string of the molecule is O=Cc1c(Oc2cccnc2)nc2sccn12. The van der Waals surface area contributed by atoms with Crippen LogP contribution >= 0.6 is 11.3 Å². The Labute approximate surface area is 100 Å². The monoisotopic (exact) mass is 245 g/mol. The van der Waals surface area contributed by atoms with Crippen molar-refractivity contribution in [3.63, 3.8) is 0 Å². The molecule has 17 heavy (non-hydrogen) atoms. The maximum atomic E-state index is 11.0. The molecule has 3 heterocycles. The van der Waals surface area contributed by atoms with Crippen LogP contribution in [0.4, 0.5) is 0 Å². The van der Waals surface area contributed by atoms with Gasteiger partial charge in [0.05, 0.1) is 6.20 Å². The van der Waals surface area contributed by atoms with Crippen molar-refractivity contribution in [1.29, 1.82) is 0 Å². The average Bonchev–Trinajstić information content (AvgIpc) is 2.90. The Morgan fingerprint density at radius 3 is 3.18 bits per heavy atom. The number of fused-ring (bicyclic) bond motifs is 1. The van der Waals surface area contributed by atoms with Crippen LogP contribution in [0.1, 0.15) is 10.5 Å². The minimum atomic E-state index is 0.305. The molecule has 84 valence electrons. The van der Waals surface area contributed by atoms with Gasteiger partial charge >= 0.3 is 0 Å². The number of pyridine rings is 1. The molecule has 0 aliphatic heterocycles. The summed E-state index contributed by atoms with van der Waals surface area (Å²) in [6.07, 6.45) is 5.74. The summed E-state index contributed by atoms with van der Waals surface area (Å²) < 4.78 is 7.22. The summed E-state index contributed by atoms with van der Waals surface area (Å²) in [4.78, 5) is 19.9. The van der Waals surface area contributed by atoms with Gasteiger partial charge in [0, 0.05) is 17.8 Å². The third kappa shape index (κ3) is 1.68. The summed E-state index contributed by atoms with van der Waals surface area (Å²) in [7, 11) is 0. The quantitative estimate of drug-likeness (QED) is 0.665. The zero-order valence-corrected chi connectivity index (χ0v) is 9.42. The van der Waals surface area contributed by atoms with Gasteiger partial charge in [0.1, 0.15) is 5.75 Å². The van der Waals surface area contributed by atoms with E-state index in [2.05, 4.69) is 9.97 Å². The van der Waals surface area contributed by atoms with Crippen molar-refractivity contribution in [3.05, 3.63) is 41.8 Å². The maximum absolute atomic E-state index is 11.0. The van der Waals surface area contributed by atoms with E-state index in [9.17, 15) is 4.79 Å². The third-order valence-electron chi connectivity index (χ3n) is 2.23. The summed E-state index contributed by atoms with van der Waals surface area (Å²) in [5.41, 5.74) is 0.408. The fraction of sp³-hybridized carbons (Fsp3) is 0. The Kier molecular flexibility index (Phi) is 2.34. The number of aldehydes is 1. The lowest BCUT2D eigenvalue weighted by Crippen LogP contribution is -1.92. The number of nitrogens with zero attached hydrogens (tertiary/aromatic N) is 3. The Morgan fingerprint density at radius 2 is 2.41 bits per heavy atom. The van der Waals surface area contributed by atoms with Crippen LogP contribution in [0.15, 0.2) is 36.1 Å². The second-order valence-corrected chi connectivity index (χ2v) is 4.14. The Morgan fingerprint density at radius 1 is 1.47 bits per heavy atom. The van der Waals surface area contributed by atoms with Crippen molar-refractivity contribution in [1.82, 2.24) is 14.4 Å². The molecular weight excluding hydrogens is 238 g/mol. The standard InChI is InChI=1S/C11H7N3O2S/c15-7-9-10(13-11-14(9)4-5-17-11)16-8-2-1-3-12-6-8/h1-7H. The van der Waals surface area contributed by atoms with Crippen LogP contribution in [-0.4, -0.2) is 20.7 Å². The Hall–Kier alpha value is -2.21. The van der Waals surface area contributed by atoms with E-state index < -0.39 is 0 Å². The van der Waals surface area contributed by atoms with Crippen LogP contribution in [0.25, 0.3) is 4.96 Å². The summed E-state index contributed by atoms with van der Waals surface area (Å²) in [6.45, 7) is 0. The highest BCUT2D eigenvalue weighted by Gasteiger charge is 2.14. The molecule has 0 spiro atoms. The Balaban J connectivity index is 2.05. The molecule has 0 aliphatic carbocycles. The average molecular weight is 245 g/mol. The summed E-state index contributed by atoms with van der Waals surface area (Å²) in [6, 6.07) is 3.52. The lowest BCUT2D eigenvalue weighted by Gasteiger charge is -2.01. The molecule has 6 heteroatoms. The number of hydrogen-bond acceptors (Lipinski definition) is 5. The Bertz CT molecular complexity index is 660. The lowest BCUT2D eigenvalue weighted by atomic mass is 10.4. The van der Waals surface area contributed by atoms with E-state index >= 15 is 0 Å². The van der Waals surface area contributed by atoms with Crippen LogP contribution in [-0.2, 0) is 0 Å². The van der Waals surface area contributed by atoms with Crippen molar-refractivity contribution in [3.8, 4) is 11.6 Å². The molecule has 5 nitrogen and oxygen atoms in total. The molecule has 0 fully saturated rings. The summed E-state index contributed by atoms with van der Waals surface area (Å²) in [5.74, 6) is 0.862. The smallest absolute Gasteiger partial charge is 0.250 e. The van der Waals surface area contributed by atoms with E-state index in [1.807, 2.05) is 5.38 Å². The van der Waals surface area contributed by atoms with Gasteiger partial charge in [0.25, 0.3) is 0 Å². The van der Waals surface area contributed by atoms with Gasteiger partial charge in [-0.15, -0.1) is 11.3 Å². The first-order valence-electron chi connectivity index (χ1n) is 4.87. The predicted molar refractivity (Wildman–Crippen MR) is 62.8 cm³/mol. The topological polar surface area (TPSA) is 56.5 Å². The van der Waals surface area contributed by atoms with Gasteiger partial charge in [-0.2, -0.15) is 4.98 Å². The van der Waals surface area contributed by atoms with Gasteiger partial charge in [-0.3, -0.25) is 14.2 Å². The van der Waals surface area contributed by atoms with E-state index in [1.54, 1.807) is 35.1 Å². The maximum Gasteiger partial charge on any atom is 0.250 e. The number of ether oxygens (including phenoxy) is 1. The molecule has 0 bridgehead atoms. The molecule has 0 N–H and O–H groups in total. The van der Waals surface area contributed by atoms with Crippen LogP contribution in [0, 0.1) is 0 Å². The molecule has 0 saturated carbocycles. The summed E-state index contributed by atoms with van der Waals surface area (Å²) >= 11 is 1.45. The molecule has 0 saturated heterocycles. The number of rotatable bonds is 3. The van der Waals surface area contributed by atoms with E-state index in [0.29, 0.717) is 17.3 Å². The number of carbonyl (C=O) groups is 1. The number of hydrogen-bond donors (Lipinski definition) is 0. The van der Waals surface area contributed by atoms with Crippen molar-refractivity contribution in [2.75, 3.05) is 0 Å². The lowest BCUT2D eigenvalue weighted by molar-refractivity contribution is 0.111. The number of imidazole rings is 1. The molecule has 0 radical (unpaired) electrons. The molecule has 3 aromatic heterocycles. The zero-order valence-electron chi connectivity index (χ0n) is 8.61. The largest absolute Gasteiger partial charge is 0.435 e. The molecule has 0 aromatic carbocycles. The number of thiazole rings is 1. The van der Waals surface area contributed by atoms with E-state index in [0.717, 1.165) is 11.2 Å². The van der Waals surface area contributed by atoms with Crippen molar-refractivity contribution in [2.24, 2.45) is 0 Å². The second kappa shape index (κ2) is 3.99. The molecule has 0 amide bonds. The van der Waals surface area contributed by atoms with Crippen LogP contribution < -0.4 is 4.74 Å². The van der Waals surface area contributed by atoms with Gasteiger partial charge in [-0.25, -0.2) is 0 Å². The number of carbonyl (C=O) groups excluding carboxylic acids is 1. The normalized spacial score (nSPS) is 10.6. The number of aromatic nitrogens is 3. The van der Waals surface area contributed by atoms with Crippen LogP contribution in [0.3, 0.4) is 0 Å². The third-order valence-corrected chi connectivity index (χ3v) is 2.98. The first-order valence-corrected chi connectivity index (χ1v) is 5.75. The molecule has 0 unspecified atom stereocenters. The first-order chi connectivity index (χ1) is 8.38. The fourth-order valence-electron chi connectivity index (χ4n) is 1.48. The minimum absolute atomic E-state index is 0.305. The highest BCUT2D eigenvalue weighted by Crippen LogP contribution is 2.25. The highest BCUT2D eigenvalue weighted by molar-refractivity contribution is 7.15. The summed E-state index contributed by atoms with van der Waals surface area (Å²) in [5, 5.41) is 1.86. The zero-order chi connectivity index (χ0) is 11.7. The van der Waals surface area contributed by atoms with Crippen molar-refractivity contribution in [2.45, 2.75) is 0 Å². The molecule has 3 aromatic rings. The molecule has 0 atom stereocenters. The van der Waals surface area contributed by atoms with Gasteiger partial charge in [0.15, 0.2) is 16.9 Å².